The number of nitrogen functional groups attached to an aromatic ring is 1. The number of hydrogen-bond acceptors (Lipinski definition) is 7. The lowest BCUT2D eigenvalue weighted by molar-refractivity contribution is -0.142. The molecule has 19 heavy (non-hydrogen) atoms. The number of carbonyl (C=O) groups excluding carboxylic acids is 1. The molecule has 2 aromatic rings. The fraction of sp³-hybridized carbons (Fsp3) is 0.400. The van der Waals surface area contributed by atoms with Crippen LogP contribution in [0.25, 0.3) is 11.2 Å². The highest BCUT2D eigenvalue weighted by molar-refractivity contribution is 6.33. The SMILES string of the molecule is CC(=O)OCCOCn1cnc2nc(N)nc(Cl)c21. The van der Waals surface area contributed by atoms with E-state index in [1.54, 1.807) is 4.57 Å². The zero-order chi connectivity index (χ0) is 13.8. The Morgan fingerprint density at radius 3 is 3.00 bits per heavy atom. The summed E-state index contributed by atoms with van der Waals surface area (Å²) in [6.07, 6.45) is 1.52. The predicted octanol–water partition coefficient (Wildman–Crippen LogP) is 0.599. The van der Waals surface area contributed by atoms with Crippen LogP contribution in [-0.2, 0) is 21.0 Å². The van der Waals surface area contributed by atoms with E-state index in [1.807, 2.05) is 0 Å². The molecule has 2 N–H and O–H groups in total. The van der Waals surface area contributed by atoms with E-state index in [2.05, 4.69) is 15.0 Å². The van der Waals surface area contributed by atoms with E-state index in [0.29, 0.717) is 11.2 Å². The maximum atomic E-state index is 10.5. The smallest absolute Gasteiger partial charge is 0.302 e. The average Bonchev–Trinajstić information content (AvgIpc) is 2.71. The molecule has 2 heterocycles. The Kier molecular flexibility index (Phi) is 4.13. The van der Waals surface area contributed by atoms with Crippen LogP contribution < -0.4 is 5.73 Å². The van der Waals surface area contributed by atoms with Gasteiger partial charge in [-0.15, -0.1) is 0 Å². The summed E-state index contributed by atoms with van der Waals surface area (Å²) < 4.78 is 11.7. The van der Waals surface area contributed by atoms with Crippen LogP contribution in [0, 0.1) is 0 Å². The Hall–Kier alpha value is -1.93. The molecule has 2 aromatic heterocycles. The second-order valence-corrected chi connectivity index (χ2v) is 3.99. The first kappa shape index (κ1) is 13.5. The quantitative estimate of drug-likeness (QED) is 0.487. The molecule has 0 unspecified atom stereocenters. The number of anilines is 1. The number of carbonyl (C=O) groups is 1. The second kappa shape index (κ2) is 5.81. The number of nitrogens with zero attached hydrogens (tertiary/aromatic N) is 4. The van der Waals surface area contributed by atoms with Crippen molar-refractivity contribution in [1.82, 2.24) is 19.5 Å². The highest BCUT2D eigenvalue weighted by Gasteiger charge is 2.10. The Labute approximate surface area is 113 Å². The molecular formula is C10H12ClN5O3. The van der Waals surface area contributed by atoms with Crippen molar-refractivity contribution < 1.29 is 14.3 Å². The van der Waals surface area contributed by atoms with Crippen LogP contribution in [0.5, 0.6) is 0 Å². The summed E-state index contributed by atoms with van der Waals surface area (Å²) in [5.74, 6) is -0.276. The number of nitrogens with two attached hydrogens (primary N) is 1. The van der Waals surface area contributed by atoms with Gasteiger partial charge in [-0.1, -0.05) is 11.6 Å². The van der Waals surface area contributed by atoms with Crippen LogP contribution in [0.15, 0.2) is 6.33 Å². The third-order valence-corrected chi connectivity index (χ3v) is 2.47. The largest absolute Gasteiger partial charge is 0.463 e. The number of fused-ring (bicyclic) bond motifs is 1. The summed E-state index contributed by atoms with van der Waals surface area (Å²) >= 11 is 5.97. The number of ether oxygens (including phenoxy) is 2. The summed E-state index contributed by atoms with van der Waals surface area (Å²) in [5.41, 5.74) is 6.41. The Morgan fingerprint density at radius 1 is 1.47 bits per heavy atom. The Balaban J connectivity index is 1.99. The van der Waals surface area contributed by atoms with Crippen molar-refractivity contribution >= 4 is 34.7 Å². The van der Waals surface area contributed by atoms with Crippen LogP contribution in [0.1, 0.15) is 6.92 Å². The molecule has 0 atom stereocenters. The second-order valence-electron chi connectivity index (χ2n) is 3.64. The molecule has 0 aliphatic rings. The maximum absolute atomic E-state index is 10.5. The molecule has 0 spiro atoms. The van der Waals surface area contributed by atoms with Gasteiger partial charge in [-0.25, -0.2) is 4.98 Å². The van der Waals surface area contributed by atoms with E-state index in [-0.39, 0.29) is 37.0 Å². The monoisotopic (exact) mass is 285 g/mol. The average molecular weight is 286 g/mol. The van der Waals surface area contributed by atoms with Crippen molar-refractivity contribution in [3.8, 4) is 0 Å². The first-order chi connectivity index (χ1) is 9.08. The molecule has 0 aromatic carbocycles. The standard InChI is InChI=1S/C10H12ClN5O3/c1-6(17)19-3-2-18-5-16-4-13-9-7(16)8(11)14-10(12)15-9/h4H,2-3,5H2,1H3,(H2,12,14,15). The van der Waals surface area contributed by atoms with Crippen LogP contribution in [-0.4, -0.2) is 38.7 Å². The minimum Gasteiger partial charge on any atom is -0.463 e. The summed E-state index contributed by atoms with van der Waals surface area (Å²) in [5, 5.41) is 0.212. The fourth-order valence-electron chi connectivity index (χ4n) is 1.46. The van der Waals surface area contributed by atoms with Gasteiger partial charge in [-0.2, -0.15) is 9.97 Å². The van der Waals surface area contributed by atoms with Gasteiger partial charge in [0.15, 0.2) is 10.8 Å². The normalized spacial score (nSPS) is 10.8. The predicted molar refractivity (Wildman–Crippen MR) is 67.3 cm³/mol. The molecule has 8 nitrogen and oxygen atoms in total. The third kappa shape index (κ3) is 3.30. The molecule has 2 rings (SSSR count). The van der Waals surface area contributed by atoms with Gasteiger partial charge in [0.1, 0.15) is 18.9 Å². The molecule has 0 saturated heterocycles. The molecule has 0 aliphatic heterocycles. The third-order valence-electron chi connectivity index (χ3n) is 2.21. The van der Waals surface area contributed by atoms with Gasteiger partial charge in [0.05, 0.1) is 12.9 Å². The molecule has 0 aliphatic carbocycles. The molecule has 9 heteroatoms. The van der Waals surface area contributed by atoms with Gasteiger partial charge in [-0.05, 0) is 0 Å². The first-order valence-electron chi connectivity index (χ1n) is 5.43. The molecule has 0 amide bonds. The van der Waals surface area contributed by atoms with Crippen LogP contribution in [0.2, 0.25) is 5.15 Å². The van der Waals surface area contributed by atoms with Crippen molar-refractivity contribution in [2.24, 2.45) is 0 Å². The lowest BCUT2D eigenvalue weighted by Gasteiger charge is -2.06. The van der Waals surface area contributed by atoms with E-state index >= 15 is 0 Å². The number of rotatable bonds is 5. The minimum atomic E-state index is -0.344. The van der Waals surface area contributed by atoms with E-state index in [1.165, 1.54) is 13.3 Å². The lowest BCUT2D eigenvalue weighted by atomic mass is 10.5. The van der Waals surface area contributed by atoms with E-state index in [9.17, 15) is 4.79 Å². The van der Waals surface area contributed by atoms with Gasteiger partial charge in [-0.3, -0.25) is 4.79 Å². The molecule has 0 bridgehead atoms. The van der Waals surface area contributed by atoms with Crippen molar-refractivity contribution in [2.45, 2.75) is 13.7 Å². The van der Waals surface area contributed by atoms with E-state index in [0.717, 1.165) is 0 Å². The van der Waals surface area contributed by atoms with Crippen LogP contribution >= 0.6 is 11.6 Å². The fourth-order valence-corrected chi connectivity index (χ4v) is 1.74. The van der Waals surface area contributed by atoms with Gasteiger partial charge in [0.2, 0.25) is 5.95 Å². The topological polar surface area (TPSA) is 105 Å². The van der Waals surface area contributed by atoms with E-state index in [4.69, 9.17) is 26.8 Å². The van der Waals surface area contributed by atoms with Crippen LogP contribution in [0.3, 0.4) is 0 Å². The van der Waals surface area contributed by atoms with Crippen molar-refractivity contribution in [3.05, 3.63) is 11.5 Å². The minimum absolute atomic E-state index is 0.0681. The van der Waals surface area contributed by atoms with E-state index < -0.39 is 0 Å². The number of aromatic nitrogens is 4. The van der Waals surface area contributed by atoms with Crippen molar-refractivity contribution in [1.29, 1.82) is 0 Å². The number of hydrogen-bond donors (Lipinski definition) is 1. The number of esters is 1. The zero-order valence-electron chi connectivity index (χ0n) is 10.2. The van der Waals surface area contributed by atoms with Gasteiger partial charge >= 0.3 is 5.97 Å². The lowest BCUT2D eigenvalue weighted by Crippen LogP contribution is -2.10. The van der Waals surface area contributed by atoms with Gasteiger partial charge in [0, 0.05) is 6.92 Å². The van der Waals surface area contributed by atoms with Crippen molar-refractivity contribution in [3.63, 3.8) is 0 Å². The maximum Gasteiger partial charge on any atom is 0.302 e. The molecule has 0 saturated carbocycles. The molecule has 0 radical (unpaired) electrons. The summed E-state index contributed by atoms with van der Waals surface area (Å²) in [6, 6.07) is 0. The zero-order valence-corrected chi connectivity index (χ0v) is 10.9. The number of imidazole rings is 1. The Morgan fingerprint density at radius 2 is 2.26 bits per heavy atom. The summed E-state index contributed by atoms with van der Waals surface area (Å²) in [4.78, 5) is 22.4. The summed E-state index contributed by atoms with van der Waals surface area (Å²) in [6.45, 7) is 2.00. The first-order valence-corrected chi connectivity index (χ1v) is 5.80. The number of halogens is 1. The highest BCUT2D eigenvalue weighted by Crippen LogP contribution is 2.20. The molecule has 0 fully saturated rings. The Bertz CT molecular complexity index is 600. The van der Waals surface area contributed by atoms with Crippen LogP contribution in [0.4, 0.5) is 5.95 Å². The highest BCUT2D eigenvalue weighted by atomic mass is 35.5. The summed E-state index contributed by atoms with van der Waals surface area (Å²) in [7, 11) is 0. The molecule has 102 valence electrons. The van der Waals surface area contributed by atoms with Gasteiger partial charge in [0.25, 0.3) is 0 Å². The molecular weight excluding hydrogens is 274 g/mol. The van der Waals surface area contributed by atoms with Gasteiger partial charge < -0.3 is 19.8 Å². The van der Waals surface area contributed by atoms with Crippen molar-refractivity contribution in [2.75, 3.05) is 18.9 Å².